The van der Waals surface area contributed by atoms with E-state index >= 15 is 0 Å². The Morgan fingerprint density at radius 3 is 2.16 bits per heavy atom. The highest BCUT2D eigenvalue weighted by Gasteiger charge is 2.43. The molecule has 0 unspecified atom stereocenters. The number of carbonyl (C=O) groups excluding carboxylic acids is 2. The molecule has 3 rings (SSSR count). The predicted molar refractivity (Wildman–Crippen MR) is 66.5 cm³/mol. The number of benzene rings is 1. The highest BCUT2D eigenvalue weighted by Crippen LogP contribution is 2.29. The molecule has 1 aliphatic carbocycles. The fraction of sp³-hybridized carbons (Fsp3) is 0.286. The van der Waals surface area contributed by atoms with Crippen LogP contribution in [0.2, 0.25) is 0 Å². The van der Waals surface area contributed by atoms with Gasteiger partial charge in [0.2, 0.25) is 0 Å². The van der Waals surface area contributed by atoms with Gasteiger partial charge in [0.05, 0.1) is 29.4 Å². The molecule has 0 radical (unpaired) electrons. The van der Waals surface area contributed by atoms with Crippen molar-refractivity contribution in [3.63, 3.8) is 0 Å². The van der Waals surface area contributed by atoms with E-state index in [1.807, 2.05) is 0 Å². The highest BCUT2D eigenvalue weighted by molar-refractivity contribution is 6.21. The lowest BCUT2D eigenvalue weighted by molar-refractivity contribution is 0.0299. The first-order valence-electron chi connectivity index (χ1n) is 6.11. The zero-order valence-electron chi connectivity index (χ0n) is 10.1. The second-order valence-corrected chi connectivity index (χ2v) is 4.77. The molecule has 0 fully saturated rings. The van der Waals surface area contributed by atoms with E-state index in [2.05, 4.69) is 0 Å². The van der Waals surface area contributed by atoms with Gasteiger partial charge in [-0.1, -0.05) is 24.3 Å². The van der Waals surface area contributed by atoms with Gasteiger partial charge in [-0.2, -0.15) is 0 Å². The summed E-state index contributed by atoms with van der Waals surface area (Å²) in [4.78, 5) is 25.6. The summed E-state index contributed by atoms with van der Waals surface area (Å²) in [5.74, 6) is -0.820. The summed E-state index contributed by atoms with van der Waals surface area (Å²) >= 11 is 0. The Morgan fingerprint density at radius 1 is 1.00 bits per heavy atom. The van der Waals surface area contributed by atoms with E-state index in [0.29, 0.717) is 11.1 Å². The number of fused-ring (bicyclic) bond motifs is 1. The second kappa shape index (κ2) is 4.29. The standard InChI is InChI=1S/C14H13NO4/c16-8-5-6-12(17)11(7-8)15-13(18)9-3-1-2-4-10(9)14(15)19/h1-6,8,11-12,16-17H,7H2/t8-,11-,12+/m1/s1. The largest absolute Gasteiger partial charge is 0.389 e. The van der Waals surface area contributed by atoms with Crippen LogP contribution in [0.25, 0.3) is 0 Å². The first kappa shape index (κ1) is 12.1. The van der Waals surface area contributed by atoms with Crippen LogP contribution in [0.1, 0.15) is 27.1 Å². The summed E-state index contributed by atoms with van der Waals surface area (Å²) in [5, 5.41) is 19.5. The maximum Gasteiger partial charge on any atom is 0.261 e. The van der Waals surface area contributed by atoms with Gasteiger partial charge in [-0.3, -0.25) is 14.5 Å². The summed E-state index contributed by atoms with van der Waals surface area (Å²) in [7, 11) is 0. The Labute approximate surface area is 109 Å². The lowest BCUT2D eigenvalue weighted by atomic mass is 9.95. The van der Waals surface area contributed by atoms with E-state index in [4.69, 9.17) is 0 Å². The molecule has 19 heavy (non-hydrogen) atoms. The average Bonchev–Trinajstić information content (AvgIpc) is 2.66. The zero-order valence-corrected chi connectivity index (χ0v) is 10.1. The quantitative estimate of drug-likeness (QED) is 0.563. The van der Waals surface area contributed by atoms with Crippen molar-refractivity contribution < 1.29 is 19.8 Å². The van der Waals surface area contributed by atoms with Gasteiger partial charge < -0.3 is 10.2 Å². The first-order valence-corrected chi connectivity index (χ1v) is 6.11. The Morgan fingerprint density at radius 2 is 1.58 bits per heavy atom. The van der Waals surface area contributed by atoms with Crippen molar-refractivity contribution in [1.29, 1.82) is 0 Å². The molecule has 1 heterocycles. The average molecular weight is 259 g/mol. The summed E-state index contributed by atoms with van der Waals surface area (Å²) in [6.45, 7) is 0. The summed E-state index contributed by atoms with van der Waals surface area (Å²) in [6, 6.07) is 5.86. The second-order valence-electron chi connectivity index (χ2n) is 4.77. The van der Waals surface area contributed by atoms with Gasteiger partial charge in [0, 0.05) is 6.42 Å². The van der Waals surface area contributed by atoms with Crippen LogP contribution in [0.3, 0.4) is 0 Å². The van der Waals surface area contributed by atoms with Gasteiger partial charge in [-0.05, 0) is 12.1 Å². The molecular formula is C14H13NO4. The number of carbonyl (C=O) groups is 2. The van der Waals surface area contributed by atoms with Gasteiger partial charge in [-0.25, -0.2) is 0 Å². The van der Waals surface area contributed by atoms with Crippen LogP contribution in [-0.2, 0) is 0 Å². The molecule has 5 nitrogen and oxygen atoms in total. The molecule has 1 aromatic carbocycles. The summed E-state index contributed by atoms with van der Waals surface area (Å²) < 4.78 is 0. The fourth-order valence-electron chi connectivity index (χ4n) is 2.60. The molecular weight excluding hydrogens is 246 g/mol. The molecule has 0 bridgehead atoms. The fourth-order valence-corrected chi connectivity index (χ4v) is 2.60. The number of amides is 2. The monoisotopic (exact) mass is 259 g/mol. The van der Waals surface area contributed by atoms with E-state index in [0.717, 1.165) is 4.90 Å². The van der Waals surface area contributed by atoms with Crippen molar-refractivity contribution in [2.24, 2.45) is 0 Å². The zero-order chi connectivity index (χ0) is 13.6. The van der Waals surface area contributed by atoms with Gasteiger partial charge in [-0.15, -0.1) is 0 Å². The van der Waals surface area contributed by atoms with Gasteiger partial charge in [0.15, 0.2) is 0 Å². The normalized spacial score (nSPS) is 29.8. The SMILES string of the molecule is O=C1c2ccccc2C(=O)N1[C@@H]1C[C@H](O)C=C[C@@H]1O. The topological polar surface area (TPSA) is 77.8 Å². The van der Waals surface area contributed by atoms with E-state index < -0.39 is 30.1 Å². The maximum atomic E-state index is 12.2. The third kappa shape index (κ3) is 1.78. The van der Waals surface area contributed by atoms with E-state index in [1.165, 1.54) is 12.2 Å². The lowest BCUT2D eigenvalue weighted by Gasteiger charge is -2.32. The Kier molecular flexibility index (Phi) is 2.73. The van der Waals surface area contributed by atoms with Gasteiger partial charge >= 0.3 is 0 Å². The number of hydrogen-bond acceptors (Lipinski definition) is 4. The minimum Gasteiger partial charge on any atom is -0.389 e. The van der Waals surface area contributed by atoms with Crippen LogP contribution in [-0.4, -0.2) is 45.2 Å². The minimum absolute atomic E-state index is 0.156. The van der Waals surface area contributed by atoms with Gasteiger partial charge in [0.1, 0.15) is 0 Å². The van der Waals surface area contributed by atoms with Crippen LogP contribution < -0.4 is 0 Å². The Hall–Kier alpha value is -1.98. The molecule has 0 saturated carbocycles. The summed E-state index contributed by atoms with van der Waals surface area (Å²) in [5.41, 5.74) is 0.701. The van der Waals surface area contributed by atoms with Crippen molar-refractivity contribution >= 4 is 11.8 Å². The van der Waals surface area contributed by atoms with Crippen molar-refractivity contribution in [1.82, 2.24) is 4.90 Å². The lowest BCUT2D eigenvalue weighted by Crippen LogP contribution is -2.49. The van der Waals surface area contributed by atoms with Crippen LogP contribution >= 0.6 is 0 Å². The third-order valence-corrected chi connectivity index (χ3v) is 3.56. The maximum absolute atomic E-state index is 12.2. The van der Waals surface area contributed by atoms with Gasteiger partial charge in [0.25, 0.3) is 11.8 Å². The molecule has 2 aliphatic rings. The van der Waals surface area contributed by atoms with E-state index in [1.54, 1.807) is 24.3 Å². The van der Waals surface area contributed by atoms with Crippen molar-refractivity contribution in [2.75, 3.05) is 0 Å². The molecule has 0 aromatic heterocycles. The molecule has 98 valence electrons. The number of aliphatic hydroxyl groups is 2. The Bertz CT molecular complexity index is 546. The van der Waals surface area contributed by atoms with Crippen LogP contribution in [0, 0.1) is 0 Å². The molecule has 2 amide bonds. The molecule has 3 atom stereocenters. The number of hydrogen-bond donors (Lipinski definition) is 2. The molecule has 5 heteroatoms. The predicted octanol–water partition coefficient (Wildman–Crippen LogP) is 0.333. The third-order valence-electron chi connectivity index (χ3n) is 3.56. The highest BCUT2D eigenvalue weighted by atomic mass is 16.3. The van der Waals surface area contributed by atoms with Crippen LogP contribution in [0.15, 0.2) is 36.4 Å². The van der Waals surface area contributed by atoms with Crippen LogP contribution in [0.5, 0.6) is 0 Å². The van der Waals surface area contributed by atoms with Crippen molar-refractivity contribution in [3.8, 4) is 0 Å². The summed E-state index contributed by atoms with van der Waals surface area (Å²) in [6.07, 6.45) is 1.36. The van der Waals surface area contributed by atoms with Crippen molar-refractivity contribution in [3.05, 3.63) is 47.5 Å². The Balaban J connectivity index is 1.98. The molecule has 0 saturated heterocycles. The number of rotatable bonds is 1. The first-order chi connectivity index (χ1) is 9.09. The molecule has 1 aromatic rings. The minimum atomic E-state index is -0.939. The molecule has 2 N–H and O–H groups in total. The number of imide groups is 1. The number of nitrogens with zero attached hydrogens (tertiary/aromatic N) is 1. The smallest absolute Gasteiger partial charge is 0.261 e. The molecule has 0 spiro atoms. The van der Waals surface area contributed by atoms with Crippen LogP contribution in [0.4, 0.5) is 0 Å². The number of aliphatic hydroxyl groups excluding tert-OH is 2. The molecule has 1 aliphatic heterocycles. The van der Waals surface area contributed by atoms with E-state index in [9.17, 15) is 19.8 Å². The van der Waals surface area contributed by atoms with E-state index in [-0.39, 0.29) is 6.42 Å². The van der Waals surface area contributed by atoms with Crippen molar-refractivity contribution in [2.45, 2.75) is 24.7 Å².